The summed E-state index contributed by atoms with van der Waals surface area (Å²) in [5.41, 5.74) is 1.86. The second-order valence-corrected chi connectivity index (χ2v) is 8.43. The van der Waals surface area contributed by atoms with Crippen molar-refractivity contribution in [3.63, 3.8) is 0 Å². The van der Waals surface area contributed by atoms with Crippen LogP contribution >= 0.6 is 0 Å². The number of benzene rings is 2. The number of aromatic nitrogens is 2. The summed E-state index contributed by atoms with van der Waals surface area (Å²) in [4.78, 5) is 32.1. The van der Waals surface area contributed by atoms with Crippen LogP contribution in [0.25, 0.3) is 0 Å². The Kier molecular flexibility index (Phi) is 8.89. The van der Waals surface area contributed by atoms with Crippen LogP contribution < -0.4 is 20.7 Å². The van der Waals surface area contributed by atoms with Gasteiger partial charge in [0.2, 0.25) is 0 Å². The smallest absolute Gasteiger partial charge is 0.331 e. The van der Waals surface area contributed by atoms with E-state index in [-0.39, 0.29) is 18.3 Å². The number of rotatable bonds is 11. The van der Waals surface area contributed by atoms with Crippen LogP contribution in [0.4, 0.5) is 0 Å². The first-order chi connectivity index (χ1) is 16.8. The molecule has 8 heteroatoms. The van der Waals surface area contributed by atoms with Gasteiger partial charge in [0.15, 0.2) is 0 Å². The molecule has 3 rings (SSSR count). The molecule has 0 N–H and O–H groups in total. The van der Waals surface area contributed by atoms with E-state index in [1.165, 1.54) is 4.57 Å². The number of hydrogen-bond donors (Lipinski definition) is 0. The summed E-state index contributed by atoms with van der Waals surface area (Å²) in [6.45, 7) is 6.00. The van der Waals surface area contributed by atoms with Gasteiger partial charge in [-0.25, -0.2) is 4.79 Å². The Morgan fingerprint density at radius 3 is 1.97 bits per heavy atom. The first-order valence-corrected chi connectivity index (χ1v) is 11.6. The molecule has 0 saturated carbocycles. The molecular formula is C27H33N3O5. The SMILES string of the molecule is COc1ccccc1CCn1cc(/C(C)=N/OC(C)C)c(=O)n(CCc2ccccc2OC)c1=O. The normalized spacial score (nSPS) is 11.5. The molecule has 0 bridgehead atoms. The monoisotopic (exact) mass is 479 g/mol. The molecule has 0 aliphatic heterocycles. The summed E-state index contributed by atoms with van der Waals surface area (Å²) in [5.74, 6) is 1.48. The van der Waals surface area contributed by atoms with Gasteiger partial charge in [0, 0.05) is 19.3 Å². The van der Waals surface area contributed by atoms with Crippen LogP contribution in [0.1, 0.15) is 37.5 Å². The second kappa shape index (κ2) is 12.1. The van der Waals surface area contributed by atoms with E-state index < -0.39 is 5.56 Å². The van der Waals surface area contributed by atoms with Crippen molar-refractivity contribution in [1.29, 1.82) is 0 Å². The summed E-state index contributed by atoms with van der Waals surface area (Å²) >= 11 is 0. The highest BCUT2D eigenvalue weighted by molar-refractivity contribution is 5.97. The number of aryl methyl sites for hydroxylation is 3. The van der Waals surface area contributed by atoms with Crippen molar-refractivity contribution in [2.24, 2.45) is 5.16 Å². The van der Waals surface area contributed by atoms with Crippen molar-refractivity contribution in [2.45, 2.75) is 52.8 Å². The molecule has 0 radical (unpaired) electrons. The van der Waals surface area contributed by atoms with E-state index >= 15 is 0 Å². The average molecular weight is 480 g/mol. The lowest BCUT2D eigenvalue weighted by molar-refractivity contribution is 0.0859. The van der Waals surface area contributed by atoms with Gasteiger partial charge in [-0.05, 0) is 56.9 Å². The van der Waals surface area contributed by atoms with E-state index in [0.717, 1.165) is 22.6 Å². The molecule has 0 saturated heterocycles. The summed E-state index contributed by atoms with van der Waals surface area (Å²) in [5, 5.41) is 4.11. The molecule has 0 amide bonds. The minimum atomic E-state index is -0.396. The Labute approximate surface area is 205 Å². The largest absolute Gasteiger partial charge is 0.496 e. The van der Waals surface area contributed by atoms with Crippen molar-refractivity contribution < 1.29 is 14.3 Å². The van der Waals surface area contributed by atoms with Gasteiger partial charge in [0.25, 0.3) is 5.56 Å². The maximum atomic E-state index is 13.4. The average Bonchev–Trinajstić information content (AvgIpc) is 2.87. The third-order valence-electron chi connectivity index (χ3n) is 5.64. The number of methoxy groups -OCH3 is 2. The second-order valence-electron chi connectivity index (χ2n) is 8.43. The van der Waals surface area contributed by atoms with Gasteiger partial charge in [-0.2, -0.15) is 0 Å². The first kappa shape index (κ1) is 25.8. The van der Waals surface area contributed by atoms with Crippen molar-refractivity contribution in [3.05, 3.63) is 92.3 Å². The van der Waals surface area contributed by atoms with Gasteiger partial charge in [-0.15, -0.1) is 0 Å². The number of hydrogen-bond acceptors (Lipinski definition) is 6. The molecule has 0 spiro atoms. The van der Waals surface area contributed by atoms with Gasteiger partial charge in [-0.3, -0.25) is 13.9 Å². The van der Waals surface area contributed by atoms with Crippen molar-refractivity contribution in [2.75, 3.05) is 14.2 Å². The highest BCUT2D eigenvalue weighted by Gasteiger charge is 2.16. The molecule has 0 aliphatic rings. The molecule has 186 valence electrons. The highest BCUT2D eigenvalue weighted by atomic mass is 16.6. The Morgan fingerprint density at radius 2 is 1.43 bits per heavy atom. The van der Waals surface area contributed by atoms with E-state index in [9.17, 15) is 9.59 Å². The van der Waals surface area contributed by atoms with Crippen LogP contribution in [0, 0.1) is 0 Å². The lowest BCUT2D eigenvalue weighted by Crippen LogP contribution is -2.43. The lowest BCUT2D eigenvalue weighted by atomic mass is 10.1. The fraction of sp³-hybridized carbons (Fsp3) is 0.370. The molecule has 8 nitrogen and oxygen atoms in total. The van der Waals surface area contributed by atoms with E-state index in [1.54, 1.807) is 31.9 Å². The van der Waals surface area contributed by atoms with Crippen LogP contribution in [0.5, 0.6) is 11.5 Å². The number of para-hydroxylation sites is 2. The molecule has 2 aromatic carbocycles. The summed E-state index contributed by atoms with van der Waals surface area (Å²) in [7, 11) is 3.22. The topological polar surface area (TPSA) is 84.1 Å². The van der Waals surface area contributed by atoms with Gasteiger partial charge < -0.3 is 14.3 Å². The minimum absolute atomic E-state index is 0.130. The van der Waals surface area contributed by atoms with E-state index in [0.29, 0.717) is 30.7 Å². The molecule has 0 fully saturated rings. The predicted octanol–water partition coefficient (Wildman–Crippen LogP) is 3.66. The van der Waals surface area contributed by atoms with E-state index in [4.69, 9.17) is 14.3 Å². The van der Waals surface area contributed by atoms with Crippen LogP contribution in [0.2, 0.25) is 0 Å². The summed E-state index contributed by atoms with van der Waals surface area (Å²) < 4.78 is 13.7. The Hall–Kier alpha value is -3.81. The zero-order chi connectivity index (χ0) is 25.4. The summed E-state index contributed by atoms with van der Waals surface area (Å²) in [6, 6.07) is 15.3. The van der Waals surface area contributed by atoms with E-state index in [1.807, 2.05) is 62.4 Å². The fourth-order valence-electron chi connectivity index (χ4n) is 3.78. The minimum Gasteiger partial charge on any atom is -0.496 e. The van der Waals surface area contributed by atoms with Crippen molar-refractivity contribution in [3.8, 4) is 11.5 Å². The van der Waals surface area contributed by atoms with Gasteiger partial charge in [0.05, 0.1) is 25.5 Å². The molecule has 0 atom stereocenters. The predicted molar refractivity (Wildman–Crippen MR) is 137 cm³/mol. The van der Waals surface area contributed by atoms with Crippen LogP contribution in [-0.4, -0.2) is 35.2 Å². The van der Waals surface area contributed by atoms with Crippen LogP contribution in [0.3, 0.4) is 0 Å². The maximum Gasteiger partial charge on any atom is 0.331 e. The molecule has 1 heterocycles. The third kappa shape index (κ3) is 6.41. The zero-order valence-electron chi connectivity index (χ0n) is 21.0. The molecule has 3 aromatic rings. The Morgan fingerprint density at radius 1 is 0.886 bits per heavy atom. The molecule has 35 heavy (non-hydrogen) atoms. The van der Waals surface area contributed by atoms with E-state index in [2.05, 4.69) is 5.16 Å². The first-order valence-electron chi connectivity index (χ1n) is 11.6. The Bertz CT molecular complexity index is 1290. The van der Waals surface area contributed by atoms with Crippen LogP contribution in [-0.2, 0) is 30.8 Å². The molecular weight excluding hydrogens is 446 g/mol. The highest BCUT2D eigenvalue weighted by Crippen LogP contribution is 2.19. The number of oxime groups is 1. The van der Waals surface area contributed by atoms with Crippen LogP contribution in [0.15, 0.2) is 69.5 Å². The maximum absolute atomic E-state index is 13.4. The molecule has 1 aromatic heterocycles. The number of ether oxygens (including phenoxy) is 2. The standard InChI is InChI=1S/C27H33N3O5/c1-19(2)35-28-20(3)23-18-29(16-14-21-10-6-8-12-24(21)33-4)27(32)30(26(23)31)17-15-22-11-7-9-13-25(22)34-5/h6-13,18-19H,14-17H2,1-5H3/b28-20+. The molecule has 0 unspecified atom stereocenters. The molecule has 0 aliphatic carbocycles. The van der Waals surface area contributed by atoms with Crippen molar-refractivity contribution in [1.82, 2.24) is 9.13 Å². The third-order valence-corrected chi connectivity index (χ3v) is 5.64. The quantitative estimate of drug-likeness (QED) is 0.310. The lowest BCUT2D eigenvalue weighted by Gasteiger charge is -2.15. The number of nitrogens with zero attached hydrogens (tertiary/aromatic N) is 3. The fourth-order valence-corrected chi connectivity index (χ4v) is 3.78. The van der Waals surface area contributed by atoms with Gasteiger partial charge in [-0.1, -0.05) is 41.6 Å². The summed E-state index contributed by atoms with van der Waals surface area (Å²) in [6.07, 6.45) is 2.47. The zero-order valence-corrected chi connectivity index (χ0v) is 21.0. The van der Waals surface area contributed by atoms with Gasteiger partial charge in [0.1, 0.15) is 17.6 Å². The van der Waals surface area contributed by atoms with Crippen molar-refractivity contribution >= 4 is 5.71 Å². The van der Waals surface area contributed by atoms with Gasteiger partial charge >= 0.3 is 5.69 Å². The Balaban J connectivity index is 2.00.